The molecule has 6 aromatic heterocycles. The molecule has 0 atom stereocenters. The summed E-state index contributed by atoms with van der Waals surface area (Å²) in [5.41, 5.74) is 16.5. The molecule has 11 aromatic carbocycles. The molecule has 0 N–H and O–H groups in total. The highest BCUT2D eigenvalue weighted by Gasteiger charge is 2.29. The average Bonchev–Trinajstić information content (AvgIpc) is 4.20. The van der Waals surface area contributed by atoms with E-state index < -0.39 is 0 Å². The van der Waals surface area contributed by atoms with Gasteiger partial charge >= 0.3 is 0 Å². The van der Waals surface area contributed by atoms with Crippen molar-refractivity contribution in [2.45, 2.75) is 0 Å². The Hall–Kier alpha value is -8.66. The molecule has 0 bridgehead atoms. The molecule has 0 radical (unpaired) electrons. The maximum Gasteiger partial charge on any atom is 0.0626 e. The molecule has 0 fully saturated rings. The molecular formula is C62H33N3. The maximum atomic E-state index is 2.62. The molecular weight excluding hydrogens is 787 g/mol. The normalized spacial score (nSPS) is 12.9. The molecule has 17 aromatic rings. The van der Waals surface area contributed by atoms with Gasteiger partial charge in [0.25, 0.3) is 0 Å². The van der Waals surface area contributed by atoms with E-state index in [9.17, 15) is 0 Å². The average molecular weight is 820 g/mol. The Labute approximate surface area is 369 Å². The van der Waals surface area contributed by atoms with Gasteiger partial charge in [0.05, 0.1) is 49.7 Å². The van der Waals surface area contributed by atoms with Gasteiger partial charge in [0, 0.05) is 75.8 Å². The zero-order valence-electron chi connectivity index (χ0n) is 34.9. The molecule has 17 rings (SSSR count). The van der Waals surface area contributed by atoms with E-state index in [0.717, 1.165) is 0 Å². The Morgan fingerprint density at radius 1 is 0.215 bits per heavy atom. The second-order valence-corrected chi connectivity index (χ2v) is 18.3. The quantitative estimate of drug-likeness (QED) is 0.165. The fourth-order valence-electron chi connectivity index (χ4n) is 13.0. The van der Waals surface area contributed by atoms with Gasteiger partial charge in [0.2, 0.25) is 0 Å². The van der Waals surface area contributed by atoms with Gasteiger partial charge in [-0.1, -0.05) is 164 Å². The van der Waals surface area contributed by atoms with Crippen molar-refractivity contribution >= 4 is 136 Å². The monoisotopic (exact) mass is 819 g/mol. The highest BCUT2D eigenvalue weighted by Crippen LogP contribution is 2.53. The van der Waals surface area contributed by atoms with Gasteiger partial charge in [0.15, 0.2) is 0 Å². The first-order valence-corrected chi connectivity index (χ1v) is 22.7. The second-order valence-electron chi connectivity index (χ2n) is 18.3. The van der Waals surface area contributed by atoms with Crippen LogP contribution in [0.25, 0.3) is 158 Å². The number of fused-ring (bicyclic) bond motifs is 20. The summed E-state index contributed by atoms with van der Waals surface area (Å²) in [6.45, 7) is 0. The van der Waals surface area contributed by atoms with E-state index in [-0.39, 0.29) is 0 Å². The molecule has 65 heavy (non-hydrogen) atoms. The van der Waals surface area contributed by atoms with E-state index in [1.807, 2.05) is 0 Å². The van der Waals surface area contributed by atoms with Gasteiger partial charge in [-0.25, -0.2) is 0 Å². The minimum atomic E-state index is 1.24. The first-order valence-electron chi connectivity index (χ1n) is 22.7. The van der Waals surface area contributed by atoms with Crippen molar-refractivity contribution in [1.29, 1.82) is 0 Å². The number of para-hydroxylation sites is 5. The lowest BCUT2D eigenvalue weighted by molar-refractivity contribution is 1.37. The lowest BCUT2D eigenvalue weighted by atomic mass is 9.88. The number of nitrogens with zero attached hydrogens (tertiary/aromatic N) is 3. The van der Waals surface area contributed by atoms with Gasteiger partial charge in [-0.15, -0.1) is 0 Å². The lowest BCUT2D eigenvalue weighted by Gasteiger charge is -2.15. The second kappa shape index (κ2) is 11.3. The van der Waals surface area contributed by atoms with Crippen molar-refractivity contribution in [3.05, 3.63) is 200 Å². The highest BCUT2D eigenvalue weighted by atomic mass is 14.9. The van der Waals surface area contributed by atoms with Crippen LogP contribution in [0.4, 0.5) is 0 Å². The Morgan fingerprint density at radius 3 is 1.03 bits per heavy atom. The Bertz CT molecular complexity index is 4630. The molecule has 0 aliphatic carbocycles. The van der Waals surface area contributed by atoms with Crippen molar-refractivity contribution in [2.24, 2.45) is 0 Å². The van der Waals surface area contributed by atoms with Crippen LogP contribution in [0, 0.1) is 0 Å². The van der Waals surface area contributed by atoms with Crippen LogP contribution < -0.4 is 0 Å². The van der Waals surface area contributed by atoms with Crippen LogP contribution in [-0.2, 0) is 0 Å². The summed E-state index contributed by atoms with van der Waals surface area (Å²) in [5, 5.41) is 20.6. The van der Waals surface area contributed by atoms with Crippen molar-refractivity contribution in [3.8, 4) is 22.3 Å². The molecule has 0 unspecified atom stereocenters. The van der Waals surface area contributed by atoms with E-state index >= 15 is 0 Å². The third kappa shape index (κ3) is 3.73. The van der Waals surface area contributed by atoms with Crippen LogP contribution in [0.15, 0.2) is 200 Å². The van der Waals surface area contributed by atoms with E-state index in [0.29, 0.717) is 0 Å². The molecule has 296 valence electrons. The summed E-state index contributed by atoms with van der Waals surface area (Å²) in [5.74, 6) is 0. The predicted octanol–water partition coefficient (Wildman–Crippen LogP) is 16.8. The molecule has 3 nitrogen and oxygen atoms in total. The molecule has 6 heterocycles. The fourth-order valence-corrected chi connectivity index (χ4v) is 13.0. The summed E-state index contributed by atoms with van der Waals surface area (Å²) < 4.78 is 7.64. The first-order chi connectivity index (χ1) is 32.3. The molecule has 0 saturated heterocycles. The summed E-state index contributed by atoms with van der Waals surface area (Å²) in [6, 6.07) is 75.5. The van der Waals surface area contributed by atoms with Gasteiger partial charge in [0.1, 0.15) is 0 Å². The number of hydrogen-bond acceptors (Lipinski definition) is 0. The van der Waals surface area contributed by atoms with Gasteiger partial charge in [-0.05, 0) is 69.1 Å². The fraction of sp³-hybridized carbons (Fsp3) is 0. The van der Waals surface area contributed by atoms with E-state index in [4.69, 9.17) is 0 Å². The minimum Gasteiger partial charge on any atom is -0.308 e. The van der Waals surface area contributed by atoms with Gasteiger partial charge < -0.3 is 13.2 Å². The van der Waals surface area contributed by atoms with Crippen molar-refractivity contribution in [3.63, 3.8) is 0 Å². The van der Waals surface area contributed by atoms with Crippen molar-refractivity contribution in [1.82, 2.24) is 13.2 Å². The van der Waals surface area contributed by atoms with Crippen LogP contribution in [0.1, 0.15) is 0 Å². The molecule has 0 spiro atoms. The van der Waals surface area contributed by atoms with Crippen molar-refractivity contribution < 1.29 is 0 Å². The van der Waals surface area contributed by atoms with E-state index in [1.165, 1.54) is 158 Å². The molecule has 3 heteroatoms. The Balaban J connectivity index is 1.07. The first kappa shape index (κ1) is 33.0. The zero-order valence-corrected chi connectivity index (χ0v) is 34.9. The standard InChI is InChI=1S/C62H33N3/c1-3-16-36-34(14-1)32-52-58(54(36)44-30-28-40-38-18-5-9-24-48(38)63-50-26-11-7-20-42(50)56(44)61(40)63)46-22-13-23-47-59-53(65(52)60(46)47)33-35-15-2-4-17-37(35)55(59)45-31-29-41-39-19-6-10-25-49(39)64-51-27-12-8-21-43(51)57(45)62(41)64/h1-33H. The zero-order chi connectivity index (χ0) is 41.8. The maximum absolute atomic E-state index is 2.62. The lowest BCUT2D eigenvalue weighted by Crippen LogP contribution is -1.90. The Morgan fingerprint density at radius 2 is 0.569 bits per heavy atom. The highest BCUT2D eigenvalue weighted by molar-refractivity contribution is 6.37. The molecule has 0 aliphatic heterocycles. The molecule has 0 saturated carbocycles. The predicted molar refractivity (Wildman–Crippen MR) is 276 cm³/mol. The largest absolute Gasteiger partial charge is 0.308 e. The molecule has 0 amide bonds. The van der Waals surface area contributed by atoms with Crippen molar-refractivity contribution in [2.75, 3.05) is 0 Å². The van der Waals surface area contributed by atoms with Crippen LogP contribution in [0.3, 0.4) is 0 Å². The number of benzene rings is 11. The van der Waals surface area contributed by atoms with Gasteiger partial charge in [-0.2, -0.15) is 0 Å². The number of hydrogen-bond donors (Lipinski definition) is 0. The summed E-state index contributed by atoms with van der Waals surface area (Å²) in [6.07, 6.45) is 0. The Kier molecular flexibility index (Phi) is 5.72. The number of aromatic nitrogens is 3. The van der Waals surface area contributed by atoms with Crippen LogP contribution in [-0.4, -0.2) is 13.2 Å². The SMILES string of the molecule is c1ccc2c(-c3ccc4c5ccccc5n5c6ccccc6c3c45)c3c4cccc5c6c(-c7ccc8c9ccccc9n9c%10ccccc%10c7c89)c7ccccc7cc6n(c3cc2c1)c45. The van der Waals surface area contributed by atoms with E-state index in [2.05, 4.69) is 213 Å². The third-order valence-corrected chi connectivity index (χ3v) is 15.4. The summed E-state index contributed by atoms with van der Waals surface area (Å²) >= 11 is 0. The molecule has 0 aliphatic rings. The topological polar surface area (TPSA) is 13.2 Å². The van der Waals surface area contributed by atoms with Crippen LogP contribution >= 0.6 is 0 Å². The summed E-state index contributed by atoms with van der Waals surface area (Å²) in [7, 11) is 0. The number of rotatable bonds is 2. The minimum absolute atomic E-state index is 1.24. The van der Waals surface area contributed by atoms with Crippen LogP contribution in [0.5, 0.6) is 0 Å². The van der Waals surface area contributed by atoms with Crippen LogP contribution in [0.2, 0.25) is 0 Å². The van der Waals surface area contributed by atoms with Gasteiger partial charge in [-0.3, -0.25) is 0 Å². The smallest absolute Gasteiger partial charge is 0.0626 e. The third-order valence-electron chi connectivity index (χ3n) is 15.4. The summed E-state index contributed by atoms with van der Waals surface area (Å²) in [4.78, 5) is 0. The van der Waals surface area contributed by atoms with E-state index in [1.54, 1.807) is 0 Å².